The molecular formula is C9H14O2. The predicted octanol–water partition coefficient (Wildman–Crippen LogP) is 1.76. The maximum atomic E-state index is 11.1. The van der Waals surface area contributed by atoms with Crippen molar-refractivity contribution in [1.29, 1.82) is 0 Å². The zero-order valence-corrected chi connectivity index (χ0v) is 6.88. The van der Waals surface area contributed by atoms with E-state index in [0.717, 1.165) is 12.8 Å². The lowest BCUT2D eigenvalue weighted by Crippen LogP contribution is -2.16. The van der Waals surface area contributed by atoms with E-state index in [4.69, 9.17) is 4.74 Å². The molecule has 0 aromatic heterocycles. The van der Waals surface area contributed by atoms with Gasteiger partial charge in [0.15, 0.2) is 0 Å². The van der Waals surface area contributed by atoms with Crippen molar-refractivity contribution in [2.75, 3.05) is 6.61 Å². The van der Waals surface area contributed by atoms with Gasteiger partial charge in [0.25, 0.3) is 0 Å². The zero-order chi connectivity index (χ0) is 8.27. The average Bonchev–Trinajstić information content (AvgIpc) is 2.40. The van der Waals surface area contributed by atoms with Gasteiger partial charge in [-0.05, 0) is 18.8 Å². The number of carbonyl (C=O) groups excluding carboxylic acids is 1. The zero-order valence-electron chi connectivity index (χ0n) is 6.88. The first-order valence-corrected chi connectivity index (χ1v) is 4.08. The topological polar surface area (TPSA) is 26.3 Å². The quantitative estimate of drug-likeness (QED) is 0.457. The van der Waals surface area contributed by atoms with Crippen LogP contribution in [0, 0.1) is 11.8 Å². The molecule has 1 heterocycles. The van der Waals surface area contributed by atoms with Crippen molar-refractivity contribution < 1.29 is 9.53 Å². The van der Waals surface area contributed by atoms with E-state index >= 15 is 0 Å². The molecule has 11 heavy (non-hydrogen) atoms. The van der Waals surface area contributed by atoms with E-state index < -0.39 is 0 Å². The molecule has 0 aliphatic carbocycles. The van der Waals surface area contributed by atoms with E-state index in [2.05, 4.69) is 13.5 Å². The summed E-state index contributed by atoms with van der Waals surface area (Å²) >= 11 is 0. The fourth-order valence-corrected chi connectivity index (χ4v) is 1.52. The first kappa shape index (κ1) is 8.31. The molecule has 2 nitrogen and oxygen atoms in total. The van der Waals surface area contributed by atoms with Gasteiger partial charge in [0.1, 0.15) is 0 Å². The van der Waals surface area contributed by atoms with Crippen LogP contribution in [0.2, 0.25) is 0 Å². The van der Waals surface area contributed by atoms with Crippen LogP contribution >= 0.6 is 0 Å². The molecule has 0 N–H and O–H groups in total. The minimum atomic E-state index is -0.0447. The molecule has 0 aromatic rings. The molecule has 1 rings (SSSR count). The van der Waals surface area contributed by atoms with E-state index in [1.54, 1.807) is 0 Å². The van der Waals surface area contributed by atoms with Crippen molar-refractivity contribution in [3.63, 3.8) is 0 Å². The monoisotopic (exact) mass is 154 g/mol. The number of ether oxygens (including phenoxy) is 1. The van der Waals surface area contributed by atoms with E-state index in [0.29, 0.717) is 12.5 Å². The van der Waals surface area contributed by atoms with Gasteiger partial charge >= 0.3 is 5.97 Å². The summed E-state index contributed by atoms with van der Waals surface area (Å²) in [5, 5.41) is 0. The summed E-state index contributed by atoms with van der Waals surface area (Å²) in [4.78, 5) is 11.1. The van der Waals surface area contributed by atoms with Crippen molar-refractivity contribution in [2.45, 2.75) is 19.8 Å². The maximum absolute atomic E-state index is 11.1. The number of cyclic esters (lactones) is 1. The number of carbonyl (C=O) groups is 1. The molecule has 1 aliphatic heterocycles. The Labute approximate surface area is 67.2 Å². The lowest BCUT2D eigenvalue weighted by atomic mass is 9.89. The molecule has 0 spiro atoms. The van der Waals surface area contributed by atoms with Crippen LogP contribution in [0.3, 0.4) is 0 Å². The lowest BCUT2D eigenvalue weighted by Gasteiger charge is -2.13. The predicted molar refractivity (Wildman–Crippen MR) is 43.0 cm³/mol. The molecule has 0 saturated carbocycles. The molecule has 1 fully saturated rings. The van der Waals surface area contributed by atoms with E-state index in [1.807, 2.05) is 6.08 Å². The molecule has 2 heteroatoms. The second kappa shape index (κ2) is 3.56. The van der Waals surface area contributed by atoms with Crippen LogP contribution in [0.5, 0.6) is 0 Å². The van der Waals surface area contributed by atoms with Crippen molar-refractivity contribution in [1.82, 2.24) is 0 Å². The van der Waals surface area contributed by atoms with Gasteiger partial charge in [-0.25, -0.2) is 0 Å². The van der Waals surface area contributed by atoms with Gasteiger partial charge in [0, 0.05) is 0 Å². The number of esters is 1. The van der Waals surface area contributed by atoms with Crippen LogP contribution < -0.4 is 0 Å². The van der Waals surface area contributed by atoms with Gasteiger partial charge in [-0.2, -0.15) is 0 Å². The van der Waals surface area contributed by atoms with Gasteiger partial charge in [0.05, 0.1) is 12.5 Å². The Balaban J connectivity index is 2.56. The summed E-state index contributed by atoms with van der Waals surface area (Å²) in [6.07, 6.45) is 3.70. The van der Waals surface area contributed by atoms with Crippen LogP contribution in [0.25, 0.3) is 0 Å². The highest BCUT2D eigenvalue weighted by atomic mass is 16.5. The van der Waals surface area contributed by atoms with Crippen LogP contribution in [0.1, 0.15) is 19.8 Å². The normalized spacial score (nSPS) is 26.3. The Morgan fingerprint density at radius 2 is 2.64 bits per heavy atom. The minimum Gasteiger partial charge on any atom is -0.465 e. The molecule has 1 saturated heterocycles. The summed E-state index contributed by atoms with van der Waals surface area (Å²) < 4.78 is 4.86. The highest BCUT2D eigenvalue weighted by Crippen LogP contribution is 2.26. The average molecular weight is 154 g/mol. The smallest absolute Gasteiger partial charge is 0.309 e. The summed E-state index contributed by atoms with van der Waals surface area (Å²) in [6, 6.07) is 0. The van der Waals surface area contributed by atoms with Gasteiger partial charge < -0.3 is 4.74 Å². The van der Waals surface area contributed by atoms with E-state index in [-0.39, 0.29) is 11.9 Å². The number of allylic oxidation sites excluding steroid dienone is 1. The first-order chi connectivity index (χ1) is 5.29. The van der Waals surface area contributed by atoms with E-state index in [9.17, 15) is 4.79 Å². The Morgan fingerprint density at radius 1 is 1.91 bits per heavy atom. The SMILES string of the molecule is C=C[C@H](CC)[C@H]1CCOC1=O. The first-order valence-electron chi connectivity index (χ1n) is 4.08. The van der Waals surface area contributed by atoms with Crippen LogP contribution in [-0.4, -0.2) is 12.6 Å². The summed E-state index contributed by atoms with van der Waals surface area (Å²) in [5.74, 6) is 0.347. The van der Waals surface area contributed by atoms with Gasteiger partial charge in [-0.15, -0.1) is 6.58 Å². The summed E-state index contributed by atoms with van der Waals surface area (Å²) in [7, 11) is 0. The van der Waals surface area contributed by atoms with Crippen molar-refractivity contribution in [3.05, 3.63) is 12.7 Å². The Kier molecular flexibility index (Phi) is 2.69. The standard InChI is InChI=1S/C9H14O2/c1-3-7(4-2)8-5-6-11-9(8)10/h3,7-8H,1,4-6H2,2H3/t7-,8-/m1/s1. The Morgan fingerprint density at radius 3 is 3.00 bits per heavy atom. The second-order valence-electron chi connectivity index (χ2n) is 2.87. The third kappa shape index (κ3) is 1.62. The molecule has 0 aromatic carbocycles. The summed E-state index contributed by atoms with van der Waals surface area (Å²) in [6.45, 7) is 6.36. The van der Waals surface area contributed by atoms with Crippen molar-refractivity contribution in [2.24, 2.45) is 11.8 Å². The van der Waals surface area contributed by atoms with Gasteiger partial charge in [-0.3, -0.25) is 4.79 Å². The van der Waals surface area contributed by atoms with Gasteiger partial charge in [0.2, 0.25) is 0 Å². The third-order valence-electron chi connectivity index (χ3n) is 2.27. The van der Waals surface area contributed by atoms with Crippen molar-refractivity contribution in [3.8, 4) is 0 Å². The Hall–Kier alpha value is -0.790. The number of rotatable bonds is 3. The number of hydrogen-bond donors (Lipinski definition) is 0. The second-order valence-corrected chi connectivity index (χ2v) is 2.87. The number of hydrogen-bond acceptors (Lipinski definition) is 2. The van der Waals surface area contributed by atoms with Crippen molar-refractivity contribution >= 4 is 5.97 Å². The molecule has 0 unspecified atom stereocenters. The fraction of sp³-hybridized carbons (Fsp3) is 0.667. The molecule has 2 atom stereocenters. The van der Waals surface area contributed by atoms with Crippen LogP contribution in [-0.2, 0) is 9.53 Å². The maximum Gasteiger partial charge on any atom is 0.309 e. The molecular weight excluding hydrogens is 140 g/mol. The van der Waals surface area contributed by atoms with Crippen LogP contribution in [0.4, 0.5) is 0 Å². The van der Waals surface area contributed by atoms with E-state index in [1.165, 1.54) is 0 Å². The van der Waals surface area contributed by atoms with Gasteiger partial charge in [-0.1, -0.05) is 13.0 Å². The summed E-state index contributed by atoms with van der Waals surface area (Å²) in [5.41, 5.74) is 0. The molecule has 0 amide bonds. The largest absolute Gasteiger partial charge is 0.465 e. The highest BCUT2D eigenvalue weighted by molar-refractivity contribution is 5.74. The molecule has 62 valence electrons. The molecule has 0 bridgehead atoms. The lowest BCUT2D eigenvalue weighted by molar-refractivity contribution is -0.142. The third-order valence-corrected chi connectivity index (χ3v) is 2.27. The molecule has 0 radical (unpaired) electrons. The van der Waals surface area contributed by atoms with Crippen LogP contribution in [0.15, 0.2) is 12.7 Å². The minimum absolute atomic E-state index is 0.0447. The Bertz CT molecular complexity index is 163. The fourth-order valence-electron chi connectivity index (χ4n) is 1.52. The highest BCUT2D eigenvalue weighted by Gasteiger charge is 2.31. The molecule has 1 aliphatic rings.